The van der Waals surface area contributed by atoms with Gasteiger partial charge in [-0.05, 0) is 32.3 Å². The molecule has 0 amide bonds. The number of hydrogen-bond donors (Lipinski definition) is 1. The Morgan fingerprint density at radius 1 is 1.58 bits per heavy atom. The Morgan fingerprint density at radius 3 is 2.92 bits per heavy atom. The van der Waals surface area contributed by atoms with E-state index < -0.39 is 0 Å². The second-order valence-corrected chi connectivity index (χ2v) is 3.90. The maximum atomic E-state index is 4.99. The lowest BCUT2D eigenvalue weighted by Crippen LogP contribution is -2.47. The summed E-state index contributed by atoms with van der Waals surface area (Å²) >= 11 is 0. The first-order valence-electron chi connectivity index (χ1n) is 4.55. The standard InChI is InChI=1S/C10H15NO/c1-10(4-2-5-10)11-7-9-3-6-12-8-9/h3,6,8,11H,2,4-5,7H2,1H3. The summed E-state index contributed by atoms with van der Waals surface area (Å²) in [7, 11) is 0. The number of hydrogen-bond acceptors (Lipinski definition) is 2. The summed E-state index contributed by atoms with van der Waals surface area (Å²) in [5.41, 5.74) is 1.64. The topological polar surface area (TPSA) is 25.2 Å². The third-order valence-corrected chi connectivity index (χ3v) is 2.76. The normalized spacial score (nSPS) is 20.4. The summed E-state index contributed by atoms with van der Waals surface area (Å²) in [4.78, 5) is 0. The second-order valence-electron chi connectivity index (χ2n) is 3.90. The van der Waals surface area contributed by atoms with E-state index in [1.165, 1.54) is 24.8 Å². The molecule has 1 aliphatic rings. The van der Waals surface area contributed by atoms with Crippen LogP contribution in [0.4, 0.5) is 0 Å². The molecule has 1 aromatic rings. The predicted octanol–water partition coefficient (Wildman–Crippen LogP) is 2.31. The zero-order valence-corrected chi connectivity index (χ0v) is 7.47. The minimum absolute atomic E-state index is 0.400. The van der Waals surface area contributed by atoms with E-state index in [4.69, 9.17) is 4.42 Å². The molecule has 1 N–H and O–H groups in total. The van der Waals surface area contributed by atoms with Crippen LogP contribution >= 0.6 is 0 Å². The fourth-order valence-electron chi connectivity index (χ4n) is 1.59. The van der Waals surface area contributed by atoms with Crippen molar-refractivity contribution < 1.29 is 4.42 Å². The van der Waals surface area contributed by atoms with Gasteiger partial charge in [-0.25, -0.2) is 0 Å². The zero-order chi connectivity index (χ0) is 8.44. The molecule has 1 fully saturated rings. The van der Waals surface area contributed by atoms with Gasteiger partial charge in [0.25, 0.3) is 0 Å². The van der Waals surface area contributed by atoms with Gasteiger partial charge in [-0.2, -0.15) is 0 Å². The quantitative estimate of drug-likeness (QED) is 0.743. The van der Waals surface area contributed by atoms with Crippen molar-refractivity contribution in [3.8, 4) is 0 Å². The molecular formula is C10H15NO. The van der Waals surface area contributed by atoms with E-state index in [2.05, 4.69) is 12.2 Å². The van der Waals surface area contributed by atoms with E-state index in [1.807, 2.05) is 6.07 Å². The van der Waals surface area contributed by atoms with Gasteiger partial charge < -0.3 is 9.73 Å². The van der Waals surface area contributed by atoms with E-state index in [-0.39, 0.29) is 0 Å². The largest absolute Gasteiger partial charge is 0.472 e. The van der Waals surface area contributed by atoms with Crippen LogP contribution in [0.5, 0.6) is 0 Å². The SMILES string of the molecule is CC1(NCc2ccoc2)CCC1. The Kier molecular flexibility index (Phi) is 1.93. The molecular weight excluding hydrogens is 150 g/mol. The molecule has 2 heteroatoms. The molecule has 0 unspecified atom stereocenters. The van der Waals surface area contributed by atoms with E-state index >= 15 is 0 Å². The molecule has 0 aliphatic heterocycles. The van der Waals surface area contributed by atoms with E-state index in [9.17, 15) is 0 Å². The van der Waals surface area contributed by atoms with Crippen LogP contribution in [-0.4, -0.2) is 5.54 Å². The Morgan fingerprint density at radius 2 is 2.42 bits per heavy atom. The Balaban J connectivity index is 1.82. The first kappa shape index (κ1) is 7.87. The maximum Gasteiger partial charge on any atom is 0.0947 e. The van der Waals surface area contributed by atoms with Gasteiger partial charge in [0.2, 0.25) is 0 Å². The van der Waals surface area contributed by atoms with Crippen molar-refractivity contribution in [1.82, 2.24) is 5.32 Å². The highest BCUT2D eigenvalue weighted by atomic mass is 16.3. The molecule has 0 radical (unpaired) electrons. The molecule has 2 nitrogen and oxygen atoms in total. The summed E-state index contributed by atoms with van der Waals surface area (Å²) in [6.07, 6.45) is 7.51. The molecule has 1 saturated carbocycles. The van der Waals surface area contributed by atoms with Crippen molar-refractivity contribution in [3.63, 3.8) is 0 Å². The lowest BCUT2D eigenvalue weighted by molar-refractivity contribution is 0.206. The van der Waals surface area contributed by atoms with Gasteiger partial charge in [0.1, 0.15) is 0 Å². The first-order valence-corrected chi connectivity index (χ1v) is 4.55. The van der Waals surface area contributed by atoms with Gasteiger partial charge in [-0.15, -0.1) is 0 Å². The van der Waals surface area contributed by atoms with E-state index in [0.29, 0.717) is 5.54 Å². The third-order valence-electron chi connectivity index (χ3n) is 2.76. The molecule has 0 saturated heterocycles. The van der Waals surface area contributed by atoms with Crippen LogP contribution in [0.25, 0.3) is 0 Å². The Bertz CT molecular complexity index is 236. The fraction of sp³-hybridized carbons (Fsp3) is 0.600. The smallest absolute Gasteiger partial charge is 0.0947 e. The van der Waals surface area contributed by atoms with Crippen LogP contribution in [0, 0.1) is 0 Å². The minimum Gasteiger partial charge on any atom is -0.472 e. The van der Waals surface area contributed by atoms with Crippen molar-refractivity contribution in [3.05, 3.63) is 24.2 Å². The van der Waals surface area contributed by atoms with Crippen LogP contribution in [-0.2, 0) is 6.54 Å². The highest BCUT2D eigenvalue weighted by molar-refractivity contribution is 5.06. The van der Waals surface area contributed by atoms with Crippen LogP contribution < -0.4 is 5.32 Å². The van der Waals surface area contributed by atoms with Gasteiger partial charge in [-0.3, -0.25) is 0 Å². The lowest BCUT2D eigenvalue weighted by atomic mass is 9.78. The van der Waals surface area contributed by atoms with Crippen molar-refractivity contribution in [1.29, 1.82) is 0 Å². The van der Waals surface area contributed by atoms with Gasteiger partial charge >= 0.3 is 0 Å². The van der Waals surface area contributed by atoms with Crippen LogP contribution in [0.15, 0.2) is 23.0 Å². The van der Waals surface area contributed by atoms with E-state index in [0.717, 1.165) is 6.54 Å². The highest BCUT2D eigenvalue weighted by Crippen LogP contribution is 2.31. The summed E-state index contributed by atoms with van der Waals surface area (Å²) < 4.78 is 4.99. The Labute approximate surface area is 73.0 Å². The molecule has 2 rings (SSSR count). The highest BCUT2D eigenvalue weighted by Gasteiger charge is 2.30. The van der Waals surface area contributed by atoms with Crippen molar-refractivity contribution >= 4 is 0 Å². The molecule has 0 spiro atoms. The van der Waals surface area contributed by atoms with Gasteiger partial charge in [0.15, 0.2) is 0 Å². The van der Waals surface area contributed by atoms with Gasteiger partial charge in [-0.1, -0.05) is 0 Å². The van der Waals surface area contributed by atoms with Crippen molar-refractivity contribution in [2.45, 2.75) is 38.3 Å². The Hall–Kier alpha value is -0.760. The predicted molar refractivity (Wildman–Crippen MR) is 47.8 cm³/mol. The number of furan rings is 1. The van der Waals surface area contributed by atoms with Crippen molar-refractivity contribution in [2.24, 2.45) is 0 Å². The molecule has 1 aliphatic carbocycles. The zero-order valence-electron chi connectivity index (χ0n) is 7.47. The molecule has 66 valence electrons. The minimum atomic E-state index is 0.400. The molecule has 1 heterocycles. The van der Waals surface area contributed by atoms with Crippen LogP contribution in [0.1, 0.15) is 31.7 Å². The summed E-state index contributed by atoms with van der Waals surface area (Å²) in [5.74, 6) is 0. The van der Waals surface area contributed by atoms with Crippen LogP contribution in [0.3, 0.4) is 0 Å². The summed E-state index contributed by atoms with van der Waals surface area (Å²) in [5, 5.41) is 3.54. The number of rotatable bonds is 3. The third kappa shape index (κ3) is 1.53. The van der Waals surface area contributed by atoms with E-state index in [1.54, 1.807) is 12.5 Å². The maximum absolute atomic E-state index is 4.99. The average molecular weight is 165 g/mol. The summed E-state index contributed by atoms with van der Waals surface area (Å²) in [6.45, 7) is 3.23. The fourth-order valence-corrected chi connectivity index (χ4v) is 1.59. The van der Waals surface area contributed by atoms with Crippen LogP contribution in [0.2, 0.25) is 0 Å². The molecule has 0 atom stereocenters. The summed E-state index contributed by atoms with van der Waals surface area (Å²) in [6, 6.07) is 2.01. The average Bonchev–Trinajstić information content (AvgIpc) is 2.49. The lowest BCUT2D eigenvalue weighted by Gasteiger charge is -2.39. The second kappa shape index (κ2) is 2.94. The monoisotopic (exact) mass is 165 g/mol. The molecule has 1 aromatic heterocycles. The van der Waals surface area contributed by atoms with Gasteiger partial charge in [0, 0.05) is 17.6 Å². The van der Waals surface area contributed by atoms with Crippen molar-refractivity contribution in [2.75, 3.05) is 0 Å². The molecule has 0 bridgehead atoms. The first-order chi connectivity index (χ1) is 5.79. The molecule has 0 aromatic carbocycles. The van der Waals surface area contributed by atoms with Gasteiger partial charge in [0.05, 0.1) is 12.5 Å². The number of nitrogens with one attached hydrogen (secondary N) is 1. The molecule has 12 heavy (non-hydrogen) atoms.